The molecular weight excluding hydrogens is 292 g/mol. The zero-order valence-electron chi connectivity index (χ0n) is 12.1. The van der Waals surface area contributed by atoms with E-state index in [4.69, 9.17) is 0 Å². The summed E-state index contributed by atoms with van der Waals surface area (Å²) in [5.41, 5.74) is 0.741. The summed E-state index contributed by atoms with van der Waals surface area (Å²) < 4.78 is 29.4. The highest BCUT2D eigenvalue weighted by Gasteiger charge is 2.14. The average molecular weight is 311 g/mol. The fourth-order valence-electron chi connectivity index (χ4n) is 2.11. The highest BCUT2D eigenvalue weighted by molar-refractivity contribution is 7.11. The van der Waals surface area contributed by atoms with Gasteiger partial charge in [0.15, 0.2) is 0 Å². The molecule has 0 fully saturated rings. The third-order valence-corrected chi connectivity index (χ3v) is 4.48. The van der Waals surface area contributed by atoms with Crippen molar-refractivity contribution in [3.63, 3.8) is 0 Å². The van der Waals surface area contributed by atoms with Crippen molar-refractivity contribution in [1.29, 1.82) is 0 Å². The fourth-order valence-corrected chi connectivity index (χ4v) is 3.02. The molecule has 0 spiro atoms. The maximum absolute atomic E-state index is 12.4. The molecule has 0 saturated heterocycles. The molecule has 2 nitrogen and oxygen atoms in total. The highest BCUT2D eigenvalue weighted by Crippen LogP contribution is 2.27. The van der Waals surface area contributed by atoms with Crippen molar-refractivity contribution >= 4 is 11.3 Å². The van der Waals surface area contributed by atoms with Crippen molar-refractivity contribution < 1.29 is 13.5 Å². The van der Waals surface area contributed by atoms with E-state index in [9.17, 15) is 8.78 Å². The van der Waals surface area contributed by atoms with Crippen LogP contribution in [-0.4, -0.2) is 6.61 Å². The second-order valence-electron chi connectivity index (χ2n) is 4.74. The number of rotatable bonds is 7. The lowest BCUT2D eigenvalue weighted by Gasteiger charge is -2.17. The molecular formula is C16H19F2NOS. The van der Waals surface area contributed by atoms with E-state index in [-0.39, 0.29) is 11.8 Å². The lowest BCUT2D eigenvalue weighted by molar-refractivity contribution is -0.0506. The smallest absolute Gasteiger partial charge is 0.387 e. The van der Waals surface area contributed by atoms with Crippen LogP contribution in [0.1, 0.15) is 35.2 Å². The molecule has 0 aliphatic carbocycles. The Morgan fingerprint density at radius 3 is 2.52 bits per heavy atom. The summed E-state index contributed by atoms with van der Waals surface area (Å²) in [5.74, 6) is 0.230. The van der Waals surface area contributed by atoms with Crippen LogP contribution in [-0.2, 0) is 13.0 Å². The van der Waals surface area contributed by atoms with Crippen molar-refractivity contribution in [3.05, 3.63) is 51.7 Å². The first-order chi connectivity index (χ1) is 10.1. The number of benzene rings is 1. The first kappa shape index (κ1) is 15.9. The van der Waals surface area contributed by atoms with Gasteiger partial charge < -0.3 is 10.1 Å². The summed E-state index contributed by atoms with van der Waals surface area (Å²) in [5, 5.41) is 3.35. The first-order valence-corrected chi connectivity index (χ1v) is 7.76. The number of nitrogens with one attached hydrogen (secondary N) is 1. The Morgan fingerprint density at radius 1 is 1.14 bits per heavy atom. The number of thiophene rings is 1. The molecule has 1 aromatic heterocycles. The molecule has 2 rings (SSSR count). The summed E-state index contributed by atoms with van der Waals surface area (Å²) in [4.78, 5) is 2.59. The normalized spacial score (nSPS) is 12.6. The summed E-state index contributed by atoms with van der Waals surface area (Å²) >= 11 is 1.77. The molecule has 0 aliphatic heterocycles. The minimum Gasteiger partial charge on any atom is -0.434 e. The third-order valence-electron chi connectivity index (χ3n) is 3.25. The summed E-state index contributed by atoms with van der Waals surface area (Å²) in [6.45, 7) is 1.99. The van der Waals surface area contributed by atoms with Crippen molar-refractivity contribution in [1.82, 2.24) is 5.32 Å². The van der Waals surface area contributed by atoms with Crippen LogP contribution in [0.25, 0.3) is 0 Å². The number of halogens is 2. The summed E-state index contributed by atoms with van der Waals surface area (Å²) in [6.07, 6.45) is 1.03. The van der Waals surface area contributed by atoms with E-state index in [0.29, 0.717) is 0 Å². The van der Waals surface area contributed by atoms with Crippen LogP contribution in [0.5, 0.6) is 5.75 Å². The minimum atomic E-state index is -2.80. The van der Waals surface area contributed by atoms with Crippen molar-refractivity contribution in [3.8, 4) is 5.75 Å². The number of alkyl halides is 2. The summed E-state index contributed by atoms with van der Waals surface area (Å²) in [6, 6.07) is 11.1. The Kier molecular flexibility index (Phi) is 5.70. The van der Waals surface area contributed by atoms with Crippen molar-refractivity contribution in [2.45, 2.75) is 39.5 Å². The topological polar surface area (TPSA) is 21.3 Å². The third kappa shape index (κ3) is 4.51. The fraction of sp³-hybridized carbons (Fsp3) is 0.375. The molecule has 2 aromatic rings. The molecule has 114 valence electrons. The predicted molar refractivity (Wildman–Crippen MR) is 82.0 cm³/mol. The predicted octanol–water partition coefficient (Wildman–Crippen LogP) is 4.76. The molecule has 1 atom stereocenters. The largest absolute Gasteiger partial charge is 0.434 e. The van der Waals surface area contributed by atoms with Crippen LogP contribution in [0.3, 0.4) is 0 Å². The van der Waals surface area contributed by atoms with Gasteiger partial charge in [-0.15, -0.1) is 11.3 Å². The molecule has 5 heteroatoms. The Balaban J connectivity index is 2.01. The van der Waals surface area contributed by atoms with E-state index in [1.165, 1.54) is 9.75 Å². The molecule has 0 bridgehead atoms. The molecule has 0 saturated carbocycles. The highest BCUT2D eigenvalue weighted by atomic mass is 32.1. The summed E-state index contributed by atoms with van der Waals surface area (Å²) in [7, 11) is 0. The Hall–Kier alpha value is -1.46. The molecule has 1 N–H and O–H groups in total. The molecule has 0 aliphatic rings. The number of aryl methyl sites for hydroxylation is 1. The maximum Gasteiger partial charge on any atom is 0.387 e. The second-order valence-corrected chi connectivity index (χ2v) is 5.99. The number of ether oxygens (including phenoxy) is 1. The van der Waals surface area contributed by atoms with Gasteiger partial charge in [0.1, 0.15) is 5.75 Å². The van der Waals surface area contributed by atoms with E-state index in [2.05, 4.69) is 29.1 Å². The Labute approximate surface area is 127 Å². The van der Waals surface area contributed by atoms with Gasteiger partial charge in [-0.05, 0) is 31.5 Å². The van der Waals surface area contributed by atoms with E-state index >= 15 is 0 Å². The first-order valence-electron chi connectivity index (χ1n) is 6.95. The van der Waals surface area contributed by atoms with Crippen LogP contribution in [0.2, 0.25) is 0 Å². The van der Waals surface area contributed by atoms with Crippen LogP contribution < -0.4 is 10.1 Å². The van der Waals surface area contributed by atoms with Gasteiger partial charge in [0.25, 0.3) is 0 Å². The second kappa shape index (κ2) is 7.52. The van der Waals surface area contributed by atoms with Gasteiger partial charge in [0.2, 0.25) is 0 Å². The van der Waals surface area contributed by atoms with Crippen LogP contribution in [0.4, 0.5) is 8.78 Å². The quantitative estimate of drug-likeness (QED) is 0.796. The molecule has 21 heavy (non-hydrogen) atoms. The minimum absolute atomic E-state index is 0.0628. The lowest BCUT2D eigenvalue weighted by Crippen LogP contribution is -2.18. The van der Waals surface area contributed by atoms with Crippen molar-refractivity contribution in [2.24, 2.45) is 0 Å². The van der Waals surface area contributed by atoms with Crippen LogP contribution in [0, 0.1) is 0 Å². The van der Waals surface area contributed by atoms with Gasteiger partial charge in [-0.1, -0.05) is 25.1 Å². The Bertz CT molecular complexity index is 571. The number of para-hydroxylation sites is 1. The monoisotopic (exact) mass is 311 g/mol. The van der Waals surface area contributed by atoms with Gasteiger partial charge in [-0.2, -0.15) is 8.78 Å². The lowest BCUT2D eigenvalue weighted by atomic mass is 10.1. The van der Waals surface area contributed by atoms with Gasteiger partial charge in [0, 0.05) is 27.9 Å². The van der Waals surface area contributed by atoms with Crippen molar-refractivity contribution in [2.75, 3.05) is 0 Å². The zero-order valence-corrected chi connectivity index (χ0v) is 12.9. The van der Waals surface area contributed by atoms with Gasteiger partial charge >= 0.3 is 6.61 Å². The van der Waals surface area contributed by atoms with E-state index < -0.39 is 6.61 Å². The standard InChI is InChI=1S/C16H19F2NOS/c1-3-12-8-9-13(21-12)10-19-11(2)14-6-4-5-7-15(14)20-16(17)18/h4-9,11,16,19H,3,10H2,1-2H3. The number of hydrogen-bond acceptors (Lipinski definition) is 3. The van der Waals surface area contributed by atoms with Gasteiger partial charge in [0.05, 0.1) is 0 Å². The SMILES string of the molecule is CCc1ccc(CNC(C)c2ccccc2OC(F)F)s1. The van der Waals surface area contributed by atoms with Crippen LogP contribution >= 0.6 is 11.3 Å². The van der Waals surface area contributed by atoms with Gasteiger partial charge in [-0.3, -0.25) is 0 Å². The molecule has 1 unspecified atom stereocenters. The Morgan fingerprint density at radius 2 is 1.86 bits per heavy atom. The molecule has 1 aromatic carbocycles. The van der Waals surface area contributed by atoms with E-state index in [1.807, 2.05) is 13.0 Å². The van der Waals surface area contributed by atoms with Crippen LogP contribution in [0.15, 0.2) is 36.4 Å². The molecule has 1 heterocycles. The maximum atomic E-state index is 12.4. The molecule has 0 radical (unpaired) electrons. The zero-order chi connectivity index (χ0) is 15.2. The average Bonchev–Trinajstić information content (AvgIpc) is 2.93. The number of hydrogen-bond donors (Lipinski definition) is 1. The van der Waals surface area contributed by atoms with E-state index in [0.717, 1.165) is 18.5 Å². The van der Waals surface area contributed by atoms with Gasteiger partial charge in [-0.25, -0.2) is 0 Å². The van der Waals surface area contributed by atoms with E-state index in [1.54, 1.807) is 29.5 Å². The molecule has 0 amide bonds.